The number of nitro benzene ring substituents is 1. The van der Waals surface area contributed by atoms with Gasteiger partial charge in [-0.1, -0.05) is 12.8 Å². The number of aryl methyl sites for hydroxylation is 1. The van der Waals surface area contributed by atoms with Gasteiger partial charge in [0.15, 0.2) is 6.61 Å². The van der Waals surface area contributed by atoms with Crippen LogP contribution in [0.25, 0.3) is 0 Å². The maximum atomic E-state index is 12.8. The van der Waals surface area contributed by atoms with Gasteiger partial charge in [-0.3, -0.25) is 14.9 Å². The van der Waals surface area contributed by atoms with Crippen LogP contribution in [0.2, 0.25) is 0 Å². The van der Waals surface area contributed by atoms with Crippen LogP contribution in [0.5, 0.6) is 0 Å². The number of Topliss-reactive ketones (excluding diaryl/α,β-unsaturated/α-hetero) is 1. The number of ketones is 1. The maximum Gasteiger partial charge on any atom is 0.338 e. The van der Waals surface area contributed by atoms with Gasteiger partial charge < -0.3 is 18.6 Å². The van der Waals surface area contributed by atoms with Gasteiger partial charge in [-0.05, 0) is 57.0 Å². The number of furan rings is 1. The van der Waals surface area contributed by atoms with Crippen LogP contribution in [0.1, 0.15) is 63.5 Å². The maximum absolute atomic E-state index is 12.8. The van der Waals surface area contributed by atoms with Gasteiger partial charge in [-0.15, -0.1) is 0 Å². The summed E-state index contributed by atoms with van der Waals surface area (Å²) < 4.78 is 12.6. The Kier molecular flexibility index (Phi) is 7.33. The SMILES string of the molecule is Cc1cc(C(=O)COC(=O)c2ccc(N3CCCCCC3)c([N+](=O)[O-])c2)c(C)n1Cc1ccco1. The lowest BCUT2D eigenvalue weighted by Crippen LogP contribution is -2.25. The molecule has 4 rings (SSSR count). The second-order valence-electron chi connectivity index (χ2n) is 8.81. The Morgan fingerprint density at radius 1 is 1.09 bits per heavy atom. The van der Waals surface area contributed by atoms with E-state index < -0.39 is 17.5 Å². The molecule has 3 heterocycles. The van der Waals surface area contributed by atoms with Crippen LogP contribution in [0.3, 0.4) is 0 Å². The highest BCUT2D eigenvalue weighted by molar-refractivity contribution is 6.00. The number of hydrogen-bond donors (Lipinski definition) is 0. The quantitative estimate of drug-likeness (QED) is 0.192. The first kappa shape index (κ1) is 24.3. The van der Waals surface area contributed by atoms with Crippen LogP contribution in [0.15, 0.2) is 47.1 Å². The third-order valence-corrected chi connectivity index (χ3v) is 6.46. The predicted molar refractivity (Wildman–Crippen MR) is 130 cm³/mol. The number of hydrogen-bond acceptors (Lipinski definition) is 7. The molecule has 0 N–H and O–H groups in total. The van der Waals surface area contributed by atoms with E-state index in [1.165, 1.54) is 12.1 Å². The Morgan fingerprint density at radius 3 is 2.49 bits per heavy atom. The number of nitrogens with zero attached hydrogens (tertiary/aromatic N) is 3. The molecule has 0 bridgehead atoms. The lowest BCUT2D eigenvalue weighted by molar-refractivity contribution is -0.384. The standard InChI is InChI=1S/C26H29N3O6/c1-18-14-22(19(2)28(18)16-21-8-7-13-34-21)25(30)17-35-26(31)20-9-10-23(24(15-20)29(32)33)27-11-5-3-4-6-12-27/h7-10,13-15H,3-6,11-12,16-17H2,1-2H3. The van der Waals surface area contributed by atoms with Crippen molar-refractivity contribution in [1.29, 1.82) is 0 Å². The van der Waals surface area contributed by atoms with Crippen LogP contribution < -0.4 is 4.90 Å². The molecule has 0 radical (unpaired) electrons. The Morgan fingerprint density at radius 2 is 1.83 bits per heavy atom. The van der Waals surface area contributed by atoms with E-state index in [4.69, 9.17) is 9.15 Å². The van der Waals surface area contributed by atoms with Crippen molar-refractivity contribution in [2.45, 2.75) is 46.1 Å². The minimum atomic E-state index is -0.770. The van der Waals surface area contributed by atoms with Crippen LogP contribution in [-0.4, -0.2) is 40.9 Å². The van der Waals surface area contributed by atoms with Gasteiger partial charge in [-0.25, -0.2) is 4.79 Å². The van der Waals surface area contributed by atoms with E-state index in [-0.39, 0.29) is 17.0 Å². The largest absolute Gasteiger partial charge is 0.467 e. The molecule has 9 heteroatoms. The van der Waals surface area contributed by atoms with Crippen molar-refractivity contribution in [1.82, 2.24) is 4.57 Å². The van der Waals surface area contributed by atoms with Crippen molar-refractivity contribution in [2.75, 3.05) is 24.6 Å². The fourth-order valence-electron chi connectivity index (χ4n) is 4.55. The highest BCUT2D eigenvalue weighted by atomic mass is 16.6. The summed E-state index contributed by atoms with van der Waals surface area (Å²) in [7, 11) is 0. The number of ether oxygens (including phenoxy) is 1. The molecule has 2 aromatic heterocycles. The number of nitro groups is 1. The van der Waals surface area contributed by atoms with Crippen molar-refractivity contribution in [2.24, 2.45) is 0 Å². The first-order valence-corrected chi connectivity index (χ1v) is 11.8. The second kappa shape index (κ2) is 10.6. The monoisotopic (exact) mass is 479 g/mol. The summed E-state index contributed by atoms with van der Waals surface area (Å²) in [5.41, 5.74) is 2.52. The van der Waals surface area contributed by atoms with E-state index in [1.54, 1.807) is 24.5 Å². The lowest BCUT2D eigenvalue weighted by atomic mass is 10.1. The fraction of sp³-hybridized carbons (Fsp3) is 0.385. The van der Waals surface area contributed by atoms with Gasteiger partial charge in [0.2, 0.25) is 5.78 Å². The highest BCUT2D eigenvalue weighted by Gasteiger charge is 2.24. The number of anilines is 1. The van der Waals surface area contributed by atoms with Gasteiger partial charge >= 0.3 is 5.97 Å². The molecule has 3 aromatic rings. The van der Waals surface area contributed by atoms with E-state index in [9.17, 15) is 19.7 Å². The van der Waals surface area contributed by atoms with Gasteiger partial charge in [0, 0.05) is 36.1 Å². The molecule has 1 aliphatic rings. The summed E-state index contributed by atoms with van der Waals surface area (Å²) in [5.74, 6) is -0.344. The lowest BCUT2D eigenvalue weighted by Gasteiger charge is -2.22. The first-order chi connectivity index (χ1) is 16.8. The molecule has 0 saturated carbocycles. The van der Waals surface area contributed by atoms with Crippen LogP contribution in [0.4, 0.5) is 11.4 Å². The van der Waals surface area contributed by atoms with Crippen LogP contribution in [0, 0.1) is 24.0 Å². The van der Waals surface area contributed by atoms with Gasteiger partial charge in [0.25, 0.3) is 5.69 Å². The minimum Gasteiger partial charge on any atom is -0.467 e. The van der Waals surface area contributed by atoms with Crippen molar-refractivity contribution in [3.63, 3.8) is 0 Å². The van der Waals surface area contributed by atoms with Crippen LogP contribution >= 0.6 is 0 Å². The van der Waals surface area contributed by atoms with Gasteiger partial charge in [0.1, 0.15) is 11.4 Å². The molecule has 9 nitrogen and oxygen atoms in total. The molecule has 1 aromatic carbocycles. The summed E-state index contributed by atoms with van der Waals surface area (Å²) >= 11 is 0. The van der Waals surface area contributed by atoms with Gasteiger partial charge in [0.05, 0.1) is 23.3 Å². The number of benzene rings is 1. The normalized spacial score (nSPS) is 13.9. The zero-order chi connectivity index (χ0) is 24.9. The summed E-state index contributed by atoms with van der Waals surface area (Å²) in [6.45, 7) is 5.25. The molecule has 0 aliphatic carbocycles. The minimum absolute atomic E-state index is 0.0476. The molecule has 0 spiro atoms. The summed E-state index contributed by atoms with van der Waals surface area (Å²) in [5, 5.41) is 11.7. The van der Waals surface area contributed by atoms with E-state index >= 15 is 0 Å². The molecule has 1 saturated heterocycles. The molecule has 0 atom stereocenters. The summed E-state index contributed by atoms with van der Waals surface area (Å²) in [6, 6.07) is 9.79. The fourth-order valence-corrected chi connectivity index (χ4v) is 4.55. The molecular formula is C26H29N3O6. The Balaban J connectivity index is 1.45. The zero-order valence-electron chi connectivity index (χ0n) is 20.0. The van der Waals surface area contributed by atoms with E-state index in [2.05, 4.69) is 0 Å². The summed E-state index contributed by atoms with van der Waals surface area (Å²) in [6.07, 6.45) is 5.76. The topological polar surface area (TPSA) is 108 Å². The van der Waals surface area contributed by atoms with Crippen molar-refractivity contribution in [3.05, 3.63) is 81.1 Å². The zero-order valence-corrected chi connectivity index (χ0v) is 20.0. The number of rotatable bonds is 8. The molecule has 0 amide bonds. The third kappa shape index (κ3) is 5.45. The molecule has 1 aliphatic heterocycles. The van der Waals surface area contributed by atoms with E-state index in [0.717, 1.165) is 55.9 Å². The first-order valence-electron chi connectivity index (χ1n) is 11.8. The van der Waals surface area contributed by atoms with Crippen molar-refractivity contribution >= 4 is 23.1 Å². The average molecular weight is 480 g/mol. The Bertz CT molecular complexity index is 1220. The highest BCUT2D eigenvalue weighted by Crippen LogP contribution is 2.31. The number of esters is 1. The molecule has 1 fully saturated rings. The average Bonchev–Trinajstić information content (AvgIpc) is 3.35. The number of carbonyl (C=O) groups is 2. The second-order valence-corrected chi connectivity index (χ2v) is 8.81. The summed E-state index contributed by atoms with van der Waals surface area (Å²) in [4.78, 5) is 38.7. The number of carbonyl (C=O) groups excluding carboxylic acids is 2. The smallest absolute Gasteiger partial charge is 0.338 e. The predicted octanol–water partition coefficient (Wildman–Crippen LogP) is 5.07. The Labute approximate surface area is 203 Å². The molecule has 184 valence electrons. The van der Waals surface area contributed by atoms with E-state index in [0.29, 0.717) is 17.8 Å². The van der Waals surface area contributed by atoms with Crippen molar-refractivity contribution < 1.29 is 23.7 Å². The van der Waals surface area contributed by atoms with Gasteiger partial charge in [-0.2, -0.15) is 0 Å². The molecular weight excluding hydrogens is 450 g/mol. The number of aromatic nitrogens is 1. The Hall–Kier alpha value is -3.88. The van der Waals surface area contributed by atoms with Crippen LogP contribution in [-0.2, 0) is 11.3 Å². The van der Waals surface area contributed by atoms with E-state index in [1.807, 2.05) is 29.4 Å². The molecule has 0 unspecified atom stereocenters. The molecule has 35 heavy (non-hydrogen) atoms. The third-order valence-electron chi connectivity index (χ3n) is 6.46. The van der Waals surface area contributed by atoms with Crippen molar-refractivity contribution in [3.8, 4) is 0 Å².